The van der Waals surface area contributed by atoms with Gasteiger partial charge in [0.25, 0.3) is 0 Å². The lowest BCUT2D eigenvalue weighted by Crippen LogP contribution is -2.50. The Bertz CT molecular complexity index is 577. The Hall–Kier alpha value is -1.34. The monoisotopic (exact) mass is 426 g/mol. The van der Waals surface area contributed by atoms with Crippen LogP contribution in [0.2, 0.25) is 0 Å². The summed E-state index contributed by atoms with van der Waals surface area (Å²) in [6.07, 6.45) is 5.87. The number of ether oxygens (including phenoxy) is 1. The van der Waals surface area contributed by atoms with Gasteiger partial charge >= 0.3 is 6.09 Å². The molecule has 0 spiro atoms. The summed E-state index contributed by atoms with van der Waals surface area (Å²) < 4.78 is 6.38. The van der Waals surface area contributed by atoms with Crippen LogP contribution in [0.25, 0.3) is 0 Å². The van der Waals surface area contributed by atoms with Crippen LogP contribution in [0.1, 0.15) is 46.5 Å². The van der Waals surface area contributed by atoms with Crippen LogP contribution in [0, 0.1) is 0 Å². The number of nitrogens with one attached hydrogen (secondary N) is 2. The molecule has 1 aromatic heterocycles. The number of rotatable bonds is 7. The molecule has 0 aliphatic carbocycles. The fourth-order valence-electron chi connectivity index (χ4n) is 3.00. The number of hydrogen-bond donors (Lipinski definition) is 2. The van der Waals surface area contributed by atoms with Gasteiger partial charge in [0.15, 0.2) is 0 Å². The first-order valence-electron chi connectivity index (χ1n) is 9.41. The summed E-state index contributed by atoms with van der Waals surface area (Å²) in [7, 11) is 0. The van der Waals surface area contributed by atoms with Gasteiger partial charge in [-0.05, 0) is 81.1 Å². The Labute approximate surface area is 165 Å². The Morgan fingerprint density at radius 1 is 1.38 bits per heavy atom. The highest BCUT2D eigenvalue weighted by atomic mass is 79.9. The second-order valence-corrected chi connectivity index (χ2v) is 8.49. The molecular weight excluding hydrogens is 396 g/mol. The van der Waals surface area contributed by atoms with Gasteiger partial charge in [-0.25, -0.2) is 9.78 Å². The Balaban J connectivity index is 1.67. The van der Waals surface area contributed by atoms with E-state index < -0.39 is 5.60 Å². The van der Waals surface area contributed by atoms with Crippen LogP contribution in [-0.4, -0.2) is 53.8 Å². The van der Waals surface area contributed by atoms with Crippen molar-refractivity contribution in [3.05, 3.63) is 22.9 Å². The molecule has 6 nitrogen and oxygen atoms in total. The fourth-order valence-corrected chi connectivity index (χ4v) is 3.37. The maximum Gasteiger partial charge on any atom is 0.410 e. The van der Waals surface area contributed by atoms with Crippen molar-refractivity contribution in [1.29, 1.82) is 0 Å². The minimum absolute atomic E-state index is 0.186. The van der Waals surface area contributed by atoms with E-state index in [1.54, 1.807) is 6.20 Å². The summed E-state index contributed by atoms with van der Waals surface area (Å²) >= 11 is 3.37. The van der Waals surface area contributed by atoms with Gasteiger partial charge in [0, 0.05) is 37.6 Å². The molecule has 2 rings (SSSR count). The van der Waals surface area contributed by atoms with Crippen LogP contribution in [0.3, 0.4) is 0 Å². The molecule has 0 bridgehead atoms. The van der Waals surface area contributed by atoms with E-state index in [0.29, 0.717) is 0 Å². The summed E-state index contributed by atoms with van der Waals surface area (Å²) in [6.45, 7) is 9.16. The molecule has 1 aliphatic rings. The van der Waals surface area contributed by atoms with Gasteiger partial charge in [0.2, 0.25) is 0 Å². The van der Waals surface area contributed by atoms with Crippen molar-refractivity contribution in [3.63, 3.8) is 0 Å². The Kier molecular flexibility index (Phi) is 8.15. The van der Waals surface area contributed by atoms with Crippen molar-refractivity contribution in [3.8, 4) is 0 Å². The number of carbonyl (C=O) groups excluding carboxylic acids is 1. The number of pyridine rings is 1. The predicted octanol–water partition coefficient (Wildman–Crippen LogP) is 4.03. The van der Waals surface area contributed by atoms with Crippen LogP contribution in [-0.2, 0) is 4.74 Å². The first-order valence-corrected chi connectivity index (χ1v) is 10.2. The molecule has 0 aromatic carbocycles. The number of amides is 1. The molecule has 1 aliphatic heterocycles. The second kappa shape index (κ2) is 10.1. The number of aromatic nitrogens is 1. The molecular formula is C19H31BrN4O2. The molecule has 0 saturated carbocycles. The molecule has 26 heavy (non-hydrogen) atoms. The fraction of sp³-hybridized carbons (Fsp3) is 0.684. The average molecular weight is 427 g/mol. The van der Waals surface area contributed by atoms with Gasteiger partial charge in [-0.15, -0.1) is 0 Å². The zero-order valence-corrected chi connectivity index (χ0v) is 17.6. The smallest absolute Gasteiger partial charge is 0.410 e. The third-order valence-corrected chi connectivity index (χ3v) is 4.65. The molecule has 1 aromatic rings. The van der Waals surface area contributed by atoms with Crippen molar-refractivity contribution in [2.24, 2.45) is 0 Å². The van der Waals surface area contributed by atoms with Crippen molar-refractivity contribution in [2.75, 3.05) is 31.5 Å². The van der Waals surface area contributed by atoms with Gasteiger partial charge in [-0.3, -0.25) is 0 Å². The van der Waals surface area contributed by atoms with E-state index in [4.69, 9.17) is 4.74 Å². The number of nitrogens with zero attached hydrogens (tertiary/aromatic N) is 2. The highest BCUT2D eigenvalue weighted by Gasteiger charge is 2.29. The van der Waals surface area contributed by atoms with E-state index in [1.807, 2.05) is 37.8 Å². The third kappa shape index (κ3) is 7.50. The quantitative estimate of drug-likeness (QED) is 0.508. The third-order valence-electron chi connectivity index (χ3n) is 4.22. The predicted molar refractivity (Wildman–Crippen MR) is 108 cm³/mol. The summed E-state index contributed by atoms with van der Waals surface area (Å²) in [6, 6.07) is 4.15. The lowest BCUT2D eigenvalue weighted by Gasteiger charge is -2.37. The lowest BCUT2D eigenvalue weighted by molar-refractivity contribution is 0.00998. The Morgan fingerprint density at radius 2 is 2.19 bits per heavy atom. The van der Waals surface area contributed by atoms with Gasteiger partial charge < -0.3 is 20.3 Å². The van der Waals surface area contributed by atoms with Crippen molar-refractivity contribution >= 4 is 27.7 Å². The largest absolute Gasteiger partial charge is 0.444 e. The molecule has 1 fully saturated rings. The van der Waals surface area contributed by atoms with Crippen LogP contribution in [0.5, 0.6) is 0 Å². The number of anilines is 1. The van der Waals surface area contributed by atoms with Crippen molar-refractivity contribution < 1.29 is 9.53 Å². The number of hydrogen-bond acceptors (Lipinski definition) is 5. The topological polar surface area (TPSA) is 66.5 Å². The maximum absolute atomic E-state index is 12.4. The van der Waals surface area contributed by atoms with Gasteiger partial charge in [0.1, 0.15) is 10.2 Å². The van der Waals surface area contributed by atoms with E-state index in [9.17, 15) is 4.79 Å². The maximum atomic E-state index is 12.4. The summed E-state index contributed by atoms with van der Waals surface area (Å²) in [4.78, 5) is 18.4. The minimum atomic E-state index is -0.444. The van der Waals surface area contributed by atoms with E-state index in [0.717, 1.165) is 55.7 Å². The normalized spacial score (nSPS) is 17.8. The Morgan fingerprint density at radius 3 is 2.92 bits per heavy atom. The van der Waals surface area contributed by atoms with E-state index in [2.05, 4.69) is 31.5 Å². The van der Waals surface area contributed by atoms with Crippen LogP contribution >= 0.6 is 15.9 Å². The first kappa shape index (κ1) is 21.0. The summed E-state index contributed by atoms with van der Waals surface area (Å²) in [5, 5.41) is 6.87. The van der Waals surface area contributed by atoms with Crippen molar-refractivity contribution in [1.82, 2.24) is 15.2 Å². The minimum Gasteiger partial charge on any atom is -0.444 e. The first-order chi connectivity index (χ1) is 12.3. The summed E-state index contributed by atoms with van der Waals surface area (Å²) in [5.74, 6) is 0. The average Bonchev–Trinajstić information content (AvgIpc) is 2.57. The van der Waals surface area contributed by atoms with Crippen molar-refractivity contribution in [2.45, 2.75) is 58.1 Å². The highest BCUT2D eigenvalue weighted by Crippen LogP contribution is 2.20. The summed E-state index contributed by atoms with van der Waals surface area (Å²) in [5.41, 5.74) is 0.621. The highest BCUT2D eigenvalue weighted by molar-refractivity contribution is 9.10. The molecule has 146 valence electrons. The molecule has 2 N–H and O–H groups in total. The number of carbonyl (C=O) groups is 1. The molecule has 7 heteroatoms. The van der Waals surface area contributed by atoms with Crippen LogP contribution < -0.4 is 10.6 Å². The molecule has 0 radical (unpaired) electrons. The molecule has 1 saturated heterocycles. The standard InChI is InChI=1S/C19H31BrN4O2/c1-19(2,3)26-18(25)24-12-5-4-7-16(24)14-21-9-6-10-22-15-8-11-23-17(20)13-15/h8,11,13,16,21H,4-7,9-10,12,14H2,1-3H3,(H,22,23). The molecule has 1 amide bonds. The van der Waals surface area contributed by atoms with Gasteiger partial charge in [-0.1, -0.05) is 0 Å². The SMILES string of the molecule is CC(C)(C)OC(=O)N1CCCCC1CNCCCNc1ccnc(Br)c1. The number of piperidine rings is 1. The molecule has 1 unspecified atom stereocenters. The molecule has 1 atom stereocenters. The van der Waals surface area contributed by atoms with E-state index in [1.165, 1.54) is 6.42 Å². The lowest BCUT2D eigenvalue weighted by atomic mass is 10.0. The number of halogens is 1. The van der Waals surface area contributed by atoms with E-state index in [-0.39, 0.29) is 12.1 Å². The zero-order chi connectivity index (χ0) is 19.0. The zero-order valence-electron chi connectivity index (χ0n) is 16.1. The second-order valence-electron chi connectivity index (χ2n) is 7.68. The van der Waals surface area contributed by atoms with E-state index >= 15 is 0 Å². The number of likely N-dealkylation sites (tertiary alicyclic amines) is 1. The molecule has 2 heterocycles. The van der Waals surface area contributed by atoms with Gasteiger partial charge in [0.05, 0.1) is 0 Å². The van der Waals surface area contributed by atoms with Crippen LogP contribution in [0.4, 0.5) is 10.5 Å². The van der Waals surface area contributed by atoms with Crippen LogP contribution in [0.15, 0.2) is 22.9 Å². The van der Waals surface area contributed by atoms with Gasteiger partial charge in [-0.2, -0.15) is 0 Å².